The van der Waals surface area contributed by atoms with Crippen LogP contribution in [-0.2, 0) is 7.05 Å². The number of aryl methyl sites for hydroxylation is 1. The van der Waals surface area contributed by atoms with E-state index in [0.29, 0.717) is 27.0 Å². The molecule has 20 heavy (non-hydrogen) atoms. The Bertz CT molecular complexity index is 779. The van der Waals surface area contributed by atoms with Crippen LogP contribution in [0.25, 0.3) is 22.6 Å². The molecular formula is C14H11BrClN3O. The molecule has 0 aliphatic rings. The number of benzene rings is 1. The summed E-state index contributed by atoms with van der Waals surface area (Å²) < 4.78 is 7.84. The summed E-state index contributed by atoms with van der Waals surface area (Å²) in [5.74, 6) is 1.18. The van der Waals surface area contributed by atoms with Crippen molar-refractivity contribution in [1.29, 1.82) is 0 Å². The van der Waals surface area contributed by atoms with Gasteiger partial charge in [0.1, 0.15) is 11.5 Å². The van der Waals surface area contributed by atoms with Crippen LogP contribution in [0.5, 0.6) is 0 Å². The summed E-state index contributed by atoms with van der Waals surface area (Å²) in [6.07, 6.45) is 0. The van der Waals surface area contributed by atoms with Gasteiger partial charge in [0.15, 0.2) is 10.4 Å². The molecule has 2 N–H and O–H groups in total. The van der Waals surface area contributed by atoms with Gasteiger partial charge in [0.25, 0.3) is 0 Å². The van der Waals surface area contributed by atoms with Crippen molar-refractivity contribution < 1.29 is 4.42 Å². The zero-order valence-electron chi connectivity index (χ0n) is 10.6. The van der Waals surface area contributed by atoms with Crippen LogP contribution in [0.2, 0.25) is 5.02 Å². The molecule has 4 nitrogen and oxygen atoms in total. The highest BCUT2D eigenvalue weighted by molar-refractivity contribution is 9.10. The average molecular weight is 353 g/mol. The summed E-state index contributed by atoms with van der Waals surface area (Å²) in [6.45, 7) is 0. The number of anilines is 1. The van der Waals surface area contributed by atoms with E-state index >= 15 is 0 Å². The molecule has 1 aromatic carbocycles. The maximum absolute atomic E-state index is 6.27. The largest absolute Gasteiger partial charge is 0.448 e. The molecule has 0 saturated heterocycles. The van der Waals surface area contributed by atoms with Gasteiger partial charge >= 0.3 is 0 Å². The molecule has 0 unspecified atom stereocenters. The third-order valence-electron chi connectivity index (χ3n) is 3.04. The fourth-order valence-corrected chi connectivity index (χ4v) is 2.62. The lowest BCUT2D eigenvalue weighted by atomic mass is 10.0. The summed E-state index contributed by atoms with van der Waals surface area (Å²) in [7, 11) is 1.79. The predicted molar refractivity (Wildman–Crippen MR) is 83.5 cm³/mol. The van der Waals surface area contributed by atoms with Gasteiger partial charge in [-0.3, -0.25) is 4.68 Å². The molecule has 2 aromatic heterocycles. The molecule has 6 heteroatoms. The van der Waals surface area contributed by atoms with Crippen LogP contribution in [0, 0.1) is 0 Å². The van der Waals surface area contributed by atoms with Gasteiger partial charge < -0.3 is 10.2 Å². The monoisotopic (exact) mass is 351 g/mol. The van der Waals surface area contributed by atoms with E-state index in [4.69, 9.17) is 21.8 Å². The quantitative estimate of drug-likeness (QED) is 0.746. The van der Waals surface area contributed by atoms with Crippen LogP contribution in [0.15, 0.2) is 45.5 Å². The first-order chi connectivity index (χ1) is 9.58. The van der Waals surface area contributed by atoms with Gasteiger partial charge in [0.05, 0.1) is 5.56 Å². The second-order valence-electron chi connectivity index (χ2n) is 4.32. The Kier molecular flexibility index (Phi) is 3.31. The highest BCUT2D eigenvalue weighted by atomic mass is 79.9. The van der Waals surface area contributed by atoms with Gasteiger partial charge in [-0.2, -0.15) is 5.10 Å². The van der Waals surface area contributed by atoms with Gasteiger partial charge in [-0.25, -0.2) is 0 Å². The summed E-state index contributed by atoms with van der Waals surface area (Å²) in [4.78, 5) is 0. The minimum absolute atomic E-state index is 0.542. The van der Waals surface area contributed by atoms with Gasteiger partial charge in [0, 0.05) is 17.6 Å². The number of nitrogen functional groups attached to an aromatic ring is 1. The number of halogens is 2. The van der Waals surface area contributed by atoms with E-state index in [2.05, 4.69) is 21.0 Å². The molecule has 0 spiro atoms. The Morgan fingerprint density at radius 2 is 2.00 bits per heavy atom. The van der Waals surface area contributed by atoms with Crippen molar-refractivity contribution in [3.05, 3.63) is 46.1 Å². The smallest absolute Gasteiger partial charge is 0.169 e. The molecule has 3 aromatic rings. The Morgan fingerprint density at radius 3 is 2.65 bits per heavy atom. The standard InChI is InChI=1S/C14H11BrClN3O/c1-19-14(17)12(8-4-2-3-5-9(8)16)13(18-19)10-6-7-11(15)20-10/h2-7H,17H2,1H3. The van der Waals surface area contributed by atoms with E-state index in [9.17, 15) is 0 Å². The fraction of sp³-hybridized carbons (Fsp3) is 0.0714. The minimum Gasteiger partial charge on any atom is -0.448 e. The van der Waals surface area contributed by atoms with Crippen molar-refractivity contribution in [1.82, 2.24) is 9.78 Å². The Morgan fingerprint density at radius 1 is 1.25 bits per heavy atom. The summed E-state index contributed by atoms with van der Waals surface area (Å²) in [6, 6.07) is 11.2. The van der Waals surface area contributed by atoms with Crippen LogP contribution in [0.3, 0.4) is 0 Å². The molecule has 0 amide bonds. The SMILES string of the molecule is Cn1nc(-c2ccc(Br)o2)c(-c2ccccc2Cl)c1N. The topological polar surface area (TPSA) is 57.0 Å². The van der Waals surface area contributed by atoms with Gasteiger partial charge in [-0.05, 0) is 34.1 Å². The summed E-state index contributed by atoms with van der Waals surface area (Å²) in [5, 5.41) is 5.05. The second kappa shape index (κ2) is 5.00. The minimum atomic E-state index is 0.542. The van der Waals surface area contributed by atoms with Crippen LogP contribution >= 0.6 is 27.5 Å². The lowest BCUT2D eigenvalue weighted by Gasteiger charge is -2.05. The highest BCUT2D eigenvalue weighted by Crippen LogP contribution is 2.40. The van der Waals surface area contributed by atoms with Crippen molar-refractivity contribution in [2.45, 2.75) is 0 Å². The number of hydrogen-bond acceptors (Lipinski definition) is 3. The van der Waals surface area contributed by atoms with E-state index < -0.39 is 0 Å². The lowest BCUT2D eigenvalue weighted by Crippen LogP contribution is -1.98. The second-order valence-corrected chi connectivity index (χ2v) is 5.50. The lowest BCUT2D eigenvalue weighted by molar-refractivity contribution is 0.552. The highest BCUT2D eigenvalue weighted by Gasteiger charge is 2.21. The first-order valence-electron chi connectivity index (χ1n) is 5.91. The molecule has 0 bridgehead atoms. The number of nitrogens with two attached hydrogens (primary N) is 1. The Hall–Kier alpha value is -1.72. The fourth-order valence-electron chi connectivity index (χ4n) is 2.08. The zero-order valence-corrected chi connectivity index (χ0v) is 12.9. The van der Waals surface area contributed by atoms with Crippen molar-refractivity contribution in [3.63, 3.8) is 0 Å². The number of hydrogen-bond donors (Lipinski definition) is 1. The molecule has 102 valence electrons. The van der Waals surface area contributed by atoms with Crippen LogP contribution in [0.4, 0.5) is 5.82 Å². The number of aromatic nitrogens is 2. The molecule has 0 aliphatic heterocycles. The van der Waals surface area contributed by atoms with Crippen molar-refractivity contribution in [3.8, 4) is 22.6 Å². The molecule has 0 atom stereocenters. The average Bonchev–Trinajstić information content (AvgIpc) is 2.96. The Labute approximate surface area is 129 Å². The van der Waals surface area contributed by atoms with E-state index in [1.807, 2.05) is 36.4 Å². The van der Waals surface area contributed by atoms with Gasteiger partial charge in [0.2, 0.25) is 0 Å². The molecule has 0 radical (unpaired) electrons. The van der Waals surface area contributed by atoms with Gasteiger partial charge in [-0.15, -0.1) is 0 Å². The van der Waals surface area contributed by atoms with Crippen LogP contribution < -0.4 is 5.73 Å². The summed E-state index contributed by atoms with van der Waals surface area (Å²) in [5.41, 5.74) is 8.42. The third-order valence-corrected chi connectivity index (χ3v) is 3.80. The van der Waals surface area contributed by atoms with Crippen molar-refractivity contribution in [2.24, 2.45) is 7.05 Å². The summed E-state index contributed by atoms with van der Waals surface area (Å²) >= 11 is 9.56. The van der Waals surface area contributed by atoms with Crippen LogP contribution in [0.1, 0.15) is 0 Å². The number of rotatable bonds is 2. The van der Waals surface area contributed by atoms with Crippen molar-refractivity contribution >= 4 is 33.3 Å². The molecule has 0 fully saturated rings. The normalized spacial score (nSPS) is 10.9. The predicted octanol–water partition coefficient (Wildman–Crippen LogP) is 4.35. The maximum Gasteiger partial charge on any atom is 0.169 e. The molecule has 3 rings (SSSR count). The van der Waals surface area contributed by atoms with Crippen molar-refractivity contribution in [2.75, 3.05) is 5.73 Å². The number of furan rings is 1. The molecular weight excluding hydrogens is 342 g/mol. The van der Waals surface area contributed by atoms with E-state index in [1.54, 1.807) is 11.7 Å². The molecule has 0 aliphatic carbocycles. The van der Waals surface area contributed by atoms with E-state index in [0.717, 1.165) is 11.1 Å². The van der Waals surface area contributed by atoms with E-state index in [1.165, 1.54) is 0 Å². The number of nitrogens with zero attached hydrogens (tertiary/aromatic N) is 2. The third kappa shape index (κ3) is 2.13. The first-order valence-corrected chi connectivity index (χ1v) is 7.08. The van der Waals surface area contributed by atoms with E-state index in [-0.39, 0.29) is 0 Å². The maximum atomic E-state index is 6.27. The Balaban J connectivity index is 2.28. The molecule has 0 saturated carbocycles. The molecule has 2 heterocycles. The first kappa shape index (κ1) is 13.3. The zero-order chi connectivity index (χ0) is 14.3. The van der Waals surface area contributed by atoms with Crippen LogP contribution in [-0.4, -0.2) is 9.78 Å². The van der Waals surface area contributed by atoms with Gasteiger partial charge in [-0.1, -0.05) is 29.8 Å².